The molecule has 1 aliphatic heterocycles. The first kappa shape index (κ1) is 30.5. The Morgan fingerprint density at radius 2 is 1.11 bits per heavy atom. The van der Waals surface area contributed by atoms with Crippen molar-refractivity contribution >= 4 is 22.6 Å². The number of methoxy groups -OCH3 is 5. The van der Waals surface area contributed by atoms with Crippen LogP contribution >= 0.6 is 0 Å². The fourth-order valence-corrected chi connectivity index (χ4v) is 5.70. The second kappa shape index (κ2) is 13.2. The summed E-state index contributed by atoms with van der Waals surface area (Å²) >= 11 is 0. The highest BCUT2D eigenvalue weighted by Crippen LogP contribution is 2.39. The van der Waals surface area contributed by atoms with Gasteiger partial charge in [0.1, 0.15) is 5.75 Å². The number of aromatic nitrogens is 2. The third-order valence-corrected chi connectivity index (χ3v) is 8.23. The van der Waals surface area contributed by atoms with E-state index < -0.39 is 0 Å². The van der Waals surface area contributed by atoms with E-state index in [0.717, 1.165) is 35.7 Å². The third kappa shape index (κ3) is 5.93. The minimum atomic E-state index is -0.0327. The normalized spacial score (nSPS) is 13.0. The summed E-state index contributed by atoms with van der Waals surface area (Å²) < 4.78 is 27.4. The lowest BCUT2D eigenvalue weighted by Gasteiger charge is -2.36. The number of hydrogen-bond acceptors (Lipinski definition) is 9. The van der Waals surface area contributed by atoms with Gasteiger partial charge in [-0.15, -0.1) is 0 Å². The van der Waals surface area contributed by atoms with Crippen LogP contribution in [0.1, 0.15) is 10.4 Å². The Morgan fingerprint density at radius 3 is 1.63 bits per heavy atom. The largest absolute Gasteiger partial charge is 0.497 e. The second-order valence-corrected chi connectivity index (χ2v) is 10.7. The molecule has 1 fully saturated rings. The van der Waals surface area contributed by atoms with Gasteiger partial charge < -0.3 is 33.5 Å². The van der Waals surface area contributed by atoms with Crippen molar-refractivity contribution in [2.45, 2.75) is 0 Å². The molecule has 10 heteroatoms. The van der Waals surface area contributed by atoms with Gasteiger partial charge >= 0.3 is 0 Å². The lowest BCUT2D eigenvalue weighted by molar-refractivity contribution is 0.0747. The van der Waals surface area contributed by atoms with E-state index in [1.807, 2.05) is 83.8 Å². The predicted molar refractivity (Wildman–Crippen MR) is 178 cm³/mol. The molecule has 2 heterocycles. The molecule has 0 N–H and O–H groups in total. The van der Waals surface area contributed by atoms with Gasteiger partial charge in [-0.2, -0.15) is 0 Å². The van der Waals surface area contributed by atoms with Crippen LogP contribution in [0.4, 0.5) is 5.69 Å². The van der Waals surface area contributed by atoms with Crippen LogP contribution in [0.5, 0.6) is 28.7 Å². The molecule has 0 bridgehead atoms. The molecule has 0 saturated carbocycles. The number of fused-ring (bicyclic) bond motifs is 1. The first-order chi connectivity index (χ1) is 22.5. The van der Waals surface area contributed by atoms with Crippen molar-refractivity contribution in [3.8, 4) is 51.3 Å². The van der Waals surface area contributed by atoms with Crippen LogP contribution < -0.4 is 28.6 Å². The lowest BCUT2D eigenvalue weighted by Crippen LogP contribution is -2.48. The van der Waals surface area contributed by atoms with E-state index in [-0.39, 0.29) is 5.91 Å². The Labute approximate surface area is 268 Å². The zero-order chi connectivity index (χ0) is 32.2. The zero-order valence-corrected chi connectivity index (χ0v) is 26.6. The lowest BCUT2D eigenvalue weighted by atomic mass is 10.0. The summed E-state index contributed by atoms with van der Waals surface area (Å²) in [5, 5.41) is 0. The number of carbonyl (C=O) groups excluding carboxylic acids is 1. The molecule has 6 rings (SSSR count). The first-order valence-corrected chi connectivity index (χ1v) is 14.9. The molecule has 10 nitrogen and oxygen atoms in total. The van der Waals surface area contributed by atoms with E-state index in [4.69, 9.17) is 33.7 Å². The molecule has 0 unspecified atom stereocenters. The standard InChI is InChI=1S/C36H36N4O6/c1-42-27-11-9-26(10-12-27)39-16-18-40(19-17-39)36(41)25-6-13-28-29(20-25)38-35(24-8-15-31(44-3)33(22-24)46-5)34(37-28)23-7-14-30(43-2)32(21-23)45-4/h6-15,20-22H,16-19H2,1-5H3. The van der Waals surface area contributed by atoms with E-state index in [9.17, 15) is 4.79 Å². The van der Waals surface area contributed by atoms with Crippen LogP contribution in [0.2, 0.25) is 0 Å². The molecule has 5 aromatic rings. The van der Waals surface area contributed by atoms with Gasteiger partial charge in [0.25, 0.3) is 5.91 Å². The molecule has 4 aromatic carbocycles. The van der Waals surface area contributed by atoms with Crippen LogP contribution in [0, 0.1) is 0 Å². The summed E-state index contributed by atoms with van der Waals surface area (Å²) in [4.78, 5) is 28.0. The topological polar surface area (TPSA) is 95.5 Å². The molecule has 0 aliphatic carbocycles. The van der Waals surface area contributed by atoms with Gasteiger partial charge in [-0.25, -0.2) is 9.97 Å². The maximum atomic E-state index is 13.7. The Kier molecular flexibility index (Phi) is 8.78. The predicted octanol–water partition coefficient (Wildman–Crippen LogP) is 5.97. The van der Waals surface area contributed by atoms with Crippen LogP contribution in [0.3, 0.4) is 0 Å². The van der Waals surface area contributed by atoms with E-state index in [0.29, 0.717) is 64.1 Å². The van der Waals surface area contributed by atoms with Crippen LogP contribution in [0.25, 0.3) is 33.5 Å². The number of hydrogen-bond donors (Lipinski definition) is 0. The van der Waals surface area contributed by atoms with Crippen molar-refractivity contribution in [1.82, 2.24) is 14.9 Å². The van der Waals surface area contributed by atoms with Crippen molar-refractivity contribution in [1.29, 1.82) is 0 Å². The average Bonchev–Trinajstić information content (AvgIpc) is 3.13. The number of anilines is 1. The van der Waals surface area contributed by atoms with Gasteiger partial charge in [0.05, 0.1) is 58.0 Å². The van der Waals surface area contributed by atoms with Gasteiger partial charge in [-0.05, 0) is 78.9 Å². The second-order valence-electron chi connectivity index (χ2n) is 10.7. The number of piperazine rings is 1. The maximum Gasteiger partial charge on any atom is 0.254 e. The Morgan fingerprint density at radius 1 is 0.565 bits per heavy atom. The number of carbonyl (C=O) groups is 1. The van der Waals surface area contributed by atoms with Crippen molar-refractivity contribution in [3.63, 3.8) is 0 Å². The van der Waals surface area contributed by atoms with Crippen LogP contribution in [0.15, 0.2) is 78.9 Å². The molecule has 236 valence electrons. The first-order valence-electron chi connectivity index (χ1n) is 14.9. The molecule has 1 amide bonds. The van der Waals surface area contributed by atoms with Gasteiger partial charge in [0.2, 0.25) is 0 Å². The quantitative estimate of drug-likeness (QED) is 0.198. The molecule has 0 radical (unpaired) electrons. The Hall–Kier alpha value is -5.51. The molecule has 46 heavy (non-hydrogen) atoms. The number of rotatable bonds is 9. The smallest absolute Gasteiger partial charge is 0.254 e. The summed E-state index contributed by atoms with van der Waals surface area (Å²) in [6, 6.07) is 24.8. The number of amides is 1. The SMILES string of the molecule is COc1ccc(N2CCN(C(=O)c3ccc4nc(-c5ccc(OC)c(OC)c5)c(-c5ccc(OC)c(OC)c5)nc4c3)CC2)cc1. The molecular formula is C36H36N4O6. The Bertz CT molecular complexity index is 1870. The summed E-state index contributed by atoms with van der Waals surface area (Å²) in [5.41, 5.74) is 5.80. The third-order valence-electron chi connectivity index (χ3n) is 8.23. The van der Waals surface area contributed by atoms with E-state index in [1.165, 1.54) is 0 Å². The van der Waals surface area contributed by atoms with Crippen molar-refractivity contribution in [2.75, 3.05) is 66.6 Å². The summed E-state index contributed by atoms with van der Waals surface area (Å²) in [7, 11) is 8.05. The van der Waals surface area contributed by atoms with Gasteiger partial charge in [0.15, 0.2) is 23.0 Å². The van der Waals surface area contributed by atoms with E-state index in [1.54, 1.807) is 35.5 Å². The van der Waals surface area contributed by atoms with Crippen molar-refractivity contribution in [2.24, 2.45) is 0 Å². The van der Waals surface area contributed by atoms with Gasteiger partial charge in [-0.3, -0.25) is 4.79 Å². The minimum absolute atomic E-state index is 0.0327. The maximum absolute atomic E-state index is 13.7. The highest BCUT2D eigenvalue weighted by atomic mass is 16.5. The summed E-state index contributed by atoms with van der Waals surface area (Å²) in [6.07, 6.45) is 0. The summed E-state index contributed by atoms with van der Waals surface area (Å²) in [6.45, 7) is 2.71. The van der Waals surface area contributed by atoms with Crippen molar-refractivity contribution in [3.05, 3.63) is 84.4 Å². The fourth-order valence-electron chi connectivity index (χ4n) is 5.70. The van der Waals surface area contributed by atoms with Crippen molar-refractivity contribution < 1.29 is 28.5 Å². The summed E-state index contributed by atoms with van der Waals surface area (Å²) in [5.74, 6) is 3.15. The van der Waals surface area contributed by atoms with Gasteiger partial charge in [0, 0.05) is 48.6 Å². The molecule has 1 aromatic heterocycles. The van der Waals surface area contributed by atoms with Crippen LogP contribution in [-0.2, 0) is 0 Å². The van der Waals surface area contributed by atoms with E-state index in [2.05, 4.69) is 4.90 Å². The molecular weight excluding hydrogens is 584 g/mol. The highest BCUT2D eigenvalue weighted by molar-refractivity contribution is 5.98. The number of nitrogens with zero attached hydrogens (tertiary/aromatic N) is 4. The molecule has 0 atom stereocenters. The zero-order valence-electron chi connectivity index (χ0n) is 26.6. The molecule has 1 aliphatic rings. The Balaban J connectivity index is 1.34. The molecule has 1 saturated heterocycles. The average molecular weight is 621 g/mol. The van der Waals surface area contributed by atoms with Gasteiger partial charge in [-0.1, -0.05) is 0 Å². The van der Waals surface area contributed by atoms with E-state index >= 15 is 0 Å². The van der Waals surface area contributed by atoms with Crippen LogP contribution in [-0.4, -0.2) is 82.5 Å². The number of ether oxygens (including phenoxy) is 5. The number of benzene rings is 4. The fraction of sp³-hybridized carbons (Fsp3) is 0.250. The minimum Gasteiger partial charge on any atom is -0.497 e. The highest BCUT2D eigenvalue weighted by Gasteiger charge is 2.24. The monoisotopic (exact) mass is 620 g/mol. The molecule has 0 spiro atoms.